The Balaban J connectivity index is 1.71. The maximum absolute atomic E-state index is 13.7. The number of fused-ring (bicyclic) bond motifs is 2. The van der Waals surface area contributed by atoms with Crippen LogP contribution < -0.4 is 19.3 Å². The molecule has 2 aromatic carbocycles. The predicted octanol–water partition coefficient (Wildman–Crippen LogP) is 2.47. The van der Waals surface area contributed by atoms with Crippen molar-refractivity contribution >= 4 is 33.2 Å². The van der Waals surface area contributed by atoms with Crippen LogP contribution in [0.2, 0.25) is 0 Å². The van der Waals surface area contributed by atoms with Gasteiger partial charge in [0.1, 0.15) is 5.75 Å². The summed E-state index contributed by atoms with van der Waals surface area (Å²) in [7, 11) is -3.96. The number of rotatable bonds is 5. The van der Waals surface area contributed by atoms with Crippen LogP contribution in [0.15, 0.2) is 47.4 Å². The Labute approximate surface area is 188 Å². The quantitative estimate of drug-likeness (QED) is 0.744. The molecule has 170 valence electrons. The number of benzene rings is 2. The molecule has 1 N–H and O–H groups in total. The number of amides is 2. The van der Waals surface area contributed by atoms with Crippen LogP contribution in [0, 0.1) is 0 Å². The Morgan fingerprint density at radius 2 is 1.94 bits per heavy atom. The summed E-state index contributed by atoms with van der Waals surface area (Å²) in [5.41, 5.74) is 1.98. The van der Waals surface area contributed by atoms with Crippen molar-refractivity contribution in [1.82, 2.24) is 5.32 Å². The molecule has 0 radical (unpaired) electrons. The van der Waals surface area contributed by atoms with Crippen molar-refractivity contribution in [3.63, 3.8) is 0 Å². The molecule has 2 aliphatic heterocycles. The highest BCUT2D eigenvalue weighted by molar-refractivity contribution is 7.92. The Bertz CT molecular complexity index is 1150. The van der Waals surface area contributed by atoms with Crippen molar-refractivity contribution in [1.29, 1.82) is 0 Å². The van der Waals surface area contributed by atoms with Crippen LogP contribution in [0.4, 0.5) is 11.4 Å². The second kappa shape index (κ2) is 8.82. The lowest BCUT2D eigenvalue weighted by Gasteiger charge is -2.35. The van der Waals surface area contributed by atoms with E-state index in [1.165, 1.54) is 17.3 Å². The normalized spacial score (nSPS) is 17.8. The van der Waals surface area contributed by atoms with Crippen molar-refractivity contribution in [3.8, 4) is 5.75 Å². The van der Waals surface area contributed by atoms with E-state index in [9.17, 15) is 18.0 Å². The summed E-state index contributed by atoms with van der Waals surface area (Å²) in [6.45, 7) is 4.45. The summed E-state index contributed by atoms with van der Waals surface area (Å²) in [5.74, 6) is -0.0617. The maximum atomic E-state index is 13.7. The van der Waals surface area contributed by atoms with Gasteiger partial charge < -0.3 is 15.0 Å². The number of carbonyl (C=O) groups excluding carboxylic acids is 2. The minimum atomic E-state index is -3.96. The first-order chi connectivity index (χ1) is 15.3. The van der Waals surface area contributed by atoms with Gasteiger partial charge in [0, 0.05) is 25.7 Å². The molecule has 0 aliphatic carbocycles. The smallest absolute Gasteiger partial charge is 0.264 e. The number of nitrogens with zero attached hydrogens (tertiary/aromatic N) is 2. The second-order valence-corrected chi connectivity index (χ2v) is 9.83. The first kappa shape index (κ1) is 22.1. The van der Waals surface area contributed by atoms with Crippen molar-refractivity contribution in [2.45, 2.75) is 44.1 Å². The molecular weight excluding hydrogens is 430 g/mol. The highest BCUT2D eigenvalue weighted by atomic mass is 32.2. The first-order valence-corrected chi connectivity index (χ1v) is 12.2. The third-order valence-corrected chi connectivity index (χ3v) is 7.49. The van der Waals surface area contributed by atoms with Gasteiger partial charge in [0.05, 0.1) is 17.1 Å². The van der Waals surface area contributed by atoms with Gasteiger partial charge in [-0.25, -0.2) is 8.42 Å². The highest BCUT2D eigenvalue weighted by Crippen LogP contribution is 2.38. The molecule has 0 saturated carbocycles. The molecule has 1 unspecified atom stereocenters. The van der Waals surface area contributed by atoms with Crippen molar-refractivity contribution < 1.29 is 22.7 Å². The lowest BCUT2D eigenvalue weighted by atomic mass is 10.0. The largest absolute Gasteiger partial charge is 0.476 e. The van der Waals surface area contributed by atoms with E-state index in [-0.39, 0.29) is 23.3 Å². The molecule has 4 rings (SSSR count). The van der Waals surface area contributed by atoms with E-state index in [1.54, 1.807) is 41.3 Å². The molecule has 0 fully saturated rings. The minimum absolute atomic E-state index is 0.0652. The van der Waals surface area contributed by atoms with Gasteiger partial charge in [-0.1, -0.05) is 19.1 Å². The number of anilines is 2. The predicted molar refractivity (Wildman–Crippen MR) is 121 cm³/mol. The molecule has 8 nitrogen and oxygen atoms in total. The van der Waals surface area contributed by atoms with Crippen molar-refractivity contribution in [2.24, 2.45) is 0 Å². The van der Waals surface area contributed by atoms with Gasteiger partial charge in [-0.05, 0) is 55.2 Å². The zero-order valence-electron chi connectivity index (χ0n) is 18.2. The summed E-state index contributed by atoms with van der Waals surface area (Å²) in [6, 6.07) is 11.7. The van der Waals surface area contributed by atoms with Crippen LogP contribution in [0.3, 0.4) is 0 Å². The molecule has 32 heavy (non-hydrogen) atoms. The third-order valence-electron chi connectivity index (χ3n) is 5.71. The average Bonchev–Trinajstić information content (AvgIpc) is 2.80. The molecule has 2 aliphatic rings. The lowest BCUT2D eigenvalue weighted by Crippen LogP contribution is -2.50. The van der Waals surface area contributed by atoms with Crippen molar-refractivity contribution in [2.75, 3.05) is 28.8 Å². The fourth-order valence-electron chi connectivity index (χ4n) is 4.12. The second-order valence-electron chi connectivity index (χ2n) is 7.97. The Morgan fingerprint density at radius 3 is 2.69 bits per heavy atom. The zero-order valence-corrected chi connectivity index (χ0v) is 19.0. The molecule has 0 bridgehead atoms. The molecule has 2 heterocycles. The number of nitrogens with one attached hydrogen (secondary N) is 1. The summed E-state index contributed by atoms with van der Waals surface area (Å²) in [5, 5.41) is 2.78. The number of carbonyl (C=O) groups is 2. The molecule has 0 saturated heterocycles. The molecule has 0 aromatic heterocycles. The summed E-state index contributed by atoms with van der Waals surface area (Å²) >= 11 is 0. The van der Waals surface area contributed by atoms with Gasteiger partial charge in [-0.2, -0.15) is 0 Å². The fourth-order valence-corrected chi connectivity index (χ4v) is 5.64. The fraction of sp³-hybridized carbons (Fsp3) is 0.391. The monoisotopic (exact) mass is 457 g/mol. The van der Waals surface area contributed by atoms with Crippen LogP contribution >= 0.6 is 0 Å². The van der Waals surface area contributed by atoms with Gasteiger partial charge in [-0.15, -0.1) is 0 Å². The van der Waals surface area contributed by atoms with Gasteiger partial charge in [-0.3, -0.25) is 13.9 Å². The summed E-state index contributed by atoms with van der Waals surface area (Å²) in [4.78, 5) is 26.3. The van der Waals surface area contributed by atoms with Crippen LogP contribution in [-0.2, 0) is 26.0 Å². The van der Waals surface area contributed by atoms with E-state index in [2.05, 4.69) is 5.32 Å². The number of sulfonamides is 1. The average molecular weight is 458 g/mol. The van der Waals surface area contributed by atoms with E-state index in [0.717, 1.165) is 24.1 Å². The van der Waals surface area contributed by atoms with Crippen LogP contribution in [0.25, 0.3) is 0 Å². The number of aryl methyl sites for hydroxylation is 1. The Kier molecular flexibility index (Phi) is 6.10. The van der Waals surface area contributed by atoms with Crippen LogP contribution in [-0.4, -0.2) is 46.0 Å². The molecular formula is C23H27N3O5S. The SMILES string of the molecule is CCCNC(=O)C1CN(S(=O)(=O)c2ccc3c(c2)CCCN3C(C)=O)c2ccccc2O1. The number of hydrogen-bond acceptors (Lipinski definition) is 5. The minimum Gasteiger partial charge on any atom is -0.476 e. The van der Waals surface area contributed by atoms with Gasteiger partial charge in [0.15, 0.2) is 6.10 Å². The topological polar surface area (TPSA) is 96.0 Å². The highest BCUT2D eigenvalue weighted by Gasteiger charge is 2.37. The first-order valence-electron chi connectivity index (χ1n) is 10.8. The van der Waals surface area contributed by atoms with Crippen molar-refractivity contribution in [3.05, 3.63) is 48.0 Å². The number of ether oxygens (including phenoxy) is 1. The van der Waals surface area contributed by atoms with E-state index < -0.39 is 16.1 Å². The Hall–Kier alpha value is -3.07. The molecule has 0 spiro atoms. The third kappa shape index (κ3) is 4.04. The molecule has 2 aromatic rings. The molecule has 2 amide bonds. The van der Waals surface area contributed by atoms with Gasteiger partial charge in [0.2, 0.25) is 5.91 Å². The molecule has 1 atom stereocenters. The van der Waals surface area contributed by atoms with E-state index in [0.29, 0.717) is 30.9 Å². The van der Waals surface area contributed by atoms with Crippen LogP contribution in [0.1, 0.15) is 32.3 Å². The van der Waals surface area contributed by atoms with Crippen LogP contribution in [0.5, 0.6) is 5.75 Å². The summed E-state index contributed by atoms with van der Waals surface area (Å²) in [6.07, 6.45) is 1.29. The number of para-hydroxylation sites is 2. The lowest BCUT2D eigenvalue weighted by molar-refractivity contribution is -0.127. The van der Waals surface area contributed by atoms with E-state index in [1.807, 2.05) is 6.92 Å². The standard InChI is InChI=1S/C23H27N3O5S/c1-3-12-24-23(28)22-15-26(20-8-4-5-9-21(20)31-22)32(29,30)18-10-11-19-17(14-18)7-6-13-25(19)16(2)27/h4-5,8-11,14,22H,3,6-7,12-13,15H2,1-2H3,(H,24,28). The van der Waals surface area contributed by atoms with E-state index >= 15 is 0 Å². The summed E-state index contributed by atoms with van der Waals surface area (Å²) < 4.78 is 34.4. The van der Waals surface area contributed by atoms with E-state index in [4.69, 9.17) is 4.74 Å². The molecule has 9 heteroatoms. The van der Waals surface area contributed by atoms with Gasteiger partial charge >= 0.3 is 0 Å². The maximum Gasteiger partial charge on any atom is 0.264 e. The zero-order chi connectivity index (χ0) is 22.9. The Morgan fingerprint density at radius 1 is 1.16 bits per heavy atom. The number of hydrogen-bond donors (Lipinski definition) is 1. The van der Waals surface area contributed by atoms with Gasteiger partial charge in [0.25, 0.3) is 15.9 Å².